The Morgan fingerprint density at radius 2 is 1.47 bits per heavy atom. The molecule has 0 radical (unpaired) electrons. The number of hydrogen-bond donors (Lipinski definition) is 1. The maximum atomic E-state index is 9.28. The van der Waals surface area contributed by atoms with Gasteiger partial charge in [-0.05, 0) is 19.8 Å². The molecular weight excluding hydrogens is 192 g/mol. The molecule has 0 heterocycles. The Morgan fingerprint density at radius 3 is 1.80 bits per heavy atom. The minimum Gasteiger partial charge on any atom is -0.393 e. The number of aliphatic hydroxyl groups excluding tert-OH is 1. The Hall–Kier alpha value is -0.120. The number of aliphatic hydroxyl groups is 1. The van der Waals surface area contributed by atoms with Gasteiger partial charge in [-0.25, -0.2) is 0 Å². The summed E-state index contributed by atoms with van der Waals surface area (Å²) in [5.74, 6) is 0. The third kappa shape index (κ3) is 10.2. The molecule has 0 bridgehead atoms. The van der Waals surface area contributed by atoms with E-state index in [-0.39, 0.29) is 12.4 Å². The summed E-state index contributed by atoms with van der Waals surface area (Å²) < 4.78 is 11.1. The van der Waals surface area contributed by atoms with Gasteiger partial charge in [-0.3, -0.25) is 0 Å². The van der Waals surface area contributed by atoms with E-state index in [1.54, 1.807) is 6.92 Å². The largest absolute Gasteiger partial charge is 0.393 e. The van der Waals surface area contributed by atoms with Gasteiger partial charge in [0.25, 0.3) is 0 Å². The minimum absolute atomic E-state index is 0.233. The van der Waals surface area contributed by atoms with Gasteiger partial charge in [-0.2, -0.15) is 0 Å². The number of ether oxygens (including phenoxy) is 2. The van der Waals surface area contributed by atoms with Gasteiger partial charge in [0.2, 0.25) is 0 Å². The van der Waals surface area contributed by atoms with E-state index in [9.17, 15) is 5.11 Å². The average molecular weight is 218 g/mol. The molecule has 92 valence electrons. The zero-order valence-electron chi connectivity index (χ0n) is 10.4. The van der Waals surface area contributed by atoms with Crippen molar-refractivity contribution < 1.29 is 14.6 Å². The molecule has 0 aromatic heterocycles. The fourth-order valence-electron chi connectivity index (χ4n) is 1.18. The van der Waals surface area contributed by atoms with Crippen LogP contribution < -0.4 is 0 Å². The van der Waals surface area contributed by atoms with Crippen LogP contribution in [0, 0.1) is 0 Å². The van der Waals surface area contributed by atoms with E-state index in [0.717, 1.165) is 38.9 Å². The Balaban J connectivity index is 3.63. The van der Waals surface area contributed by atoms with Crippen molar-refractivity contribution in [3.05, 3.63) is 0 Å². The monoisotopic (exact) mass is 218 g/mol. The first-order chi connectivity index (χ1) is 7.20. The first kappa shape index (κ1) is 14.9. The van der Waals surface area contributed by atoms with Crippen LogP contribution in [0.2, 0.25) is 0 Å². The summed E-state index contributed by atoms with van der Waals surface area (Å²) in [6, 6.07) is 0. The average Bonchev–Trinajstić information content (AvgIpc) is 2.17. The van der Waals surface area contributed by atoms with Crippen molar-refractivity contribution in [2.45, 2.75) is 65.3 Å². The van der Waals surface area contributed by atoms with Gasteiger partial charge in [0, 0.05) is 19.6 Å². The van der Waals surface area contributed by atoms with Crippen LogP contribution in [0.3, 0.4) is 0 Å². The number of rotatable bonds is 10. The lowest BCUT2D eigenvalue weighted by Gasteiger charge is -2.19. The highest BCUT2D eigenvalue weighted by Gasteiger charge is 2.11. The van der Waals surface area contributed by atoms with E-state index in [4.69, 9.17) is 9.47 Å². The normalized spacial score (nSPS) is 13.4. The molecule has 3 heteroatoms. The van der Waals surface area contributed by atoms with Gasteiger partial charge in [0.05, 0.1) is 6.10 Å². The van der Waals surface area contributed by atoms with Crippen LogP contribution in [0.15, 0.2) is 0 Å². The van der Waals surface area contributed by atoms with E-state index < -0.39 is 0 Å². The van der Waals surface area contributed by atoms with E-state index in [1.165, 1.54) is 0 Å². The Morgan fingerprint density at radius 1 is 1.00 bits per heavy atom. The van der Waals surface area contributed by atoms with Gasteiger partial charge in [0.1, 0.15) is 0 Å². The highest BCUT2D eigenvalue weighted by Crippen LogP contribution is 2.07. The van der Waals surface area contributed by atoms with Crippen LogP contribution in [-0.2, 0) is 9.47 Å². The summed E-state index contributed by atoms with van der Waals surface area (Å²) in [6.45, 7) is 7.47. The van der Waals surface area contributed by atoms with Gasteiger partial charge in [-0.1, -0.05) is 26.7 Å². The Kier molecular flexibility index (Phi) is 10.3. The van der Waals surface area contributed by atoms with Crippen molar-refractivity contribution in [3.8, 4) is 0 Å². The molecule has 1 N–H and O–H groups in total. The lowest BCUT2D eigenvalue weighted by Crippen LogP contribution is -2.23. The first-order valence-corrected chi connectivity index (χ1v) is 6.12. The van der Waals surface area contributed by atoms with Crippen LogP contribution in [0.5, 0.6) is 0 Å². The second kappa shape index (κ2) is 10.4. The fourth-order valence-corrected chi connectivity index (χ4v) is 1.18. The van der Waals surface area contributed by atoms with Crippen molar-refractivity contribution >= 4 is 0 Å². The molecule has 0 aromatic carbocycles. The van der Waals surface area contributed by atoms with Crippen molar-refractivity contribution in [1.29, 1.82) is 0 Å². The predicted octanol–water partition coefficient (Wildman–Crippen LogP) is 2.72. The summed E-state index contributed by atoms with van der Waals surface area (Å²) in [7, 11) is 0. The van der Waals surface area contributed by atoms with Crippen molar-refractivity contribution in [2.75, 3.05) is 13.2 Å². The topological polar surface area (TPSA) is 38.7 Å². The quantitative estimate of drug-likeness (QED) is 0.452. The second-order valence-electron chi connectivity index (χ2n) is 3.96. The minimum atomic E-state index is -0.363. The molecule has 1 atom stereocenters. The molecule has 0 aliphatic carbocycles. The van der Waals surface area contributed by atoms with E-state index in [2.05, 4.69) is 13.8 Å². The molecule has 0 aliphatic rings. The van der Waals surface area contributed by atoms with Gasteiger partial charge in [-0.15, -0.1) is 0 Å². The molecule has 0 fully saturated rings. The highest BCUT2D eigenvalue weighted by molar-refractivity contribution is 4.52. The molecule has 0 saturated carbocycles. The molecule has 0 spiro atoms. The molecule has 15 heavy (non-hydrogen) atoms. The zero-order chi connectivity index (χ0) is 11.5. The fraction of sp³-hybridized carbons (Fsp3) is 1.00. The van der Waals surface area contributed by atoms with Crippen LogP contribution in [0.4, 0.5) is 0 Å². The number of hydrogen-bond acceptors (Lipinski definition) is 3. The predicted molar refractivity (Wildman–Crippen MR) is 61.8 cm³/mol. The molecule has 0 aromatic rings. The van der Waals surface area contributed by atoms with Gasteiger partial charge < -0.3 is 14.6 Å². The third-order valence-electron chi connectivity index (χ3n) is 2.14. The van der Waals surface area contributed by atoms with E-state index >= 15 is 0 Å². The molecule has 0 amide bonds. The van der Waals surface area contributed by atoms with Crippen LogP contribution in [0.1, 0.15) is 52.9 Å². The van der Waals surface area contributed by atoms with Crippen molar-refractivity contribution in [2.24, 2.45) is 0 Å². The summed E-state index contributed by atoms with van der Waals surface area (Å²) >= 11 is 0. The summed E-state index contributed by atoms with van der Waals surface area (Å²) in [6.07, 6.45) is 4.31. The molecule has 0 aliphatic heterocycles. The summed E-state index contributed by atoms with van der Waals surface area (Å²) in [5, 5.41) is 9.28. The Labute approximate surface area is 93.8 Å². The summed E-state index contributed by atoms with van der Waals surface area (Å²) in [5.41, 5.74) is 0. The van der Waals surface area contributed by atoms with Crippen LogP contribution >= 0.6 is 0 Å². The van der Waals surface area contributed by atoms with Crippen LogP contribution in [-0.4, -0.2) is 30.7 Å². The molecule has 3 nitrogen and oxygen atoms in total. The molecule has 0 rings (SSSR count). The molecule has 0 saturated heterocycles. The van der Waals surface area contributed by atoms with Crippen molar-refractivity contribution in [1.82, 2.24) is 0 Å². The van der Waals surface area contributed by atoms with Gasteiger partial charge in [0.15, 0.2) is 6.29 Å². The summed E-state index contributed by atoms with van der Waals surface area (Å²) in [4.78, 5) is 0. The smallest absolute Gasteiger partial charge is 0.160 e. The zero-order valence-corrected chi connectivity index (χ0v) is 10.4. The maximum Gasteiger partial charge on any atom is 0.160 e. The Bertz CT molecular complexity index is 116. The van der Waals surface area contributed by atoms with E-state index in [0.29, 0.717) is 6.42 Å². The van der Waals surface area contributed by atoms with Crippen molar-refractivity contribution in [3.63, 3.8) is 0 Å². The lowest BCUT2D eigenvalue weighted by atomic mass is 10.3. The first-order valence-electron chi connectivity index (χ1n) is 6.12. The van der Waals surface area contributed by atoms with Gasteiger partial charge >= 0.3 is 0 Å². The highest BCUT2D eigenvalue weighted by atomic mass is 16.7. The molecular formula is C12H26O3. The maximum absolute atomic E-state index is 9.28. The third-order valence-corrected chi connectivity index (χ3v) is 2.14. The number of unbranched alkanes of at least 4 members (excludes halogenated alkanes) is 2. The van der Waals surface area contributed by atoms with E-state index in [1.807, 2.05) is 0 Å². The SMILES string of the molecule is CCCCOC(CC(C)O)OCCCC. The lowest BCUT2D eigenvalue weighted by molar-refractivity contribution is -0.157. The molecule has 1 unspecified atom stereocenters. The standard InChI is InChI=1S/C12H26O3/c1-4-6-8-14-12(10-11(3)13)15-9-7-5-2/h11-13H,4-10H2,1-3H3. The second-order valence-corrected chi connectivity index (χ2v) is 3.96. The van der Waals surface area contributed by atoms with Crippen LogP contribution in [0.25, 0.3) is 0 Å².